The van der Waals surface area contributed by atoms with E-state index in [0.717, 1.165) is 10.5 Å². The maximum atomic E-state index is 13.0. The van der Waals surface area contributed by atoms with E-state index in [-0.39, 0.29) is 6.54 Å². The highest BCUT2D eigenvalue weighted by Gasteiger charge is 2.49. The zero-order valence-corrected chi connectivity index (χ0v) is 15.0. The Balaban J connectivity index is 1.58. The zero-order valence-electron chi connectivity index (χ0n) is 15.0. The van der Waals surface area contributed by atoms with Crippen molar-refractivity contribution in [2.75, 3.05) is 0 Å². The molecule has 1 atom stereocenters. The summed E-state index contributed by atoms with van der Waals surface area (Å²) in [6.45, 7) is 1.62. The number of nitrogens with one attached hydrogen (secondary N) is 1. The fourth-order valence-electron chi connectivity index (χ4n) is 3.22. The smallest absolute Gasteiger partial charge is 0.325 e. The fourth-order valence-corrected chi connectivity index (χ4v) is 3.22. The predicted molar refractivity (Wildman–Crippen MR) is 99.5 cm³/mol. The molecular formula is C21H16N4O3. The van der Waals surface area contributed by atoms with Crippen LogP contribution in [0.5, 0.6) is 0 Å². The summed E-state index contributed by atoms with van der Waals surface area (Å²) in [5, 5.41) is 15.8. The summed E-state index contributed by atoms with van der Waals surface area (Å²) in [4.78, 5) is 26.6. The number of hydrogen-bond acceptors (Lipinski definition) is 5. The van der Waals surface area contributed by atoms with Crippen LogP contribution >= 0.6 is 0 Å². The maximum Gasteiger partial charge on any atom is 0.325 e. The van der Waals surface area contributed by atoms with E-state index in [9.17, 15) is 9.59 Å². The zero-order chi connectivity index (χ0) is 19.7. The summed E-state index contributed by atoms with van der Waals surface area (Å²) in [6, 6.07) is 19.3. The molecule has 2 aromatic carbocycles. The van der Waals surface area contributed by atoms with E-state index in [1.54, 1.807) is 37.3 Å². The van der Waals surface area contributed by atoms with Crippen molar-refractivity contribution in [2.24, 2.45) is 0 Å². The summed E-state index contributed by atoms with van der Waals surface area (Å²) >= 11 is 0. The van der Waals surface area contributed by atoms with Gasteiger partial charge in [-0.3, -0.25) is 9.69 Å². The molecule has 1 aromatic heterocycles. The number of hydrogen-bond donors (Lipinski definition) is 1. The molecule has 1 N–H and O–H groups in total. The molecule has 1 fully saturated rings. The van der Waals surface area contributed by atoms with Crippen molar-refractivity contribution in [1.29, 1.82) is 5.26 Å². The van der Waals surface area contributed by atoms with Gasteiger partial charge in [-0.15, -0.1) is 0 Å². The van der Waals surface area contributed by atoms with Crippen LogP contribution in [0, 0.1) is 11.3 Å². The van der Waals surface area contributed by atoms with Crippen molar-refractivity contribution in [3.63, 3.8) is 0 Å². The molecule has 1 aliphatic rings. The van der Waals surface area contributed by atoms with Crippen molar-refractivity contribution >= 4 is 11.9 Å². The number of nitrogens with zero attached hydrogens (tertiary/aromatic N) is 3. The standard InChI is InChI=1S/C21H16N4O3/c1-21(16-9-5-6-14(10-16)12-22)19(26)25(20(27)23-21)13-17-11-18(28-24-17)15-7-3-2-4-8-15/h2-11H,13H2,1H3,(H,23,27)/t21-/m0/s1. The van der Waals surface area contributed by atoms with Crippen LogP contribution < -0.4 is 5.32 Å². The largest absolute Gasteiger partial charge is 0.356 e. The minimum Gasteiger partial charge on any atom is -0.356 e. The Bertz CT molecular complexity index is 1100. The molecule has 0 unspecified atom stereocenters. The first-order valence-electron chi connectivity index (χ1n) is 8.67. The Morgan fingerprint density at radius 1 is 1.14 bits per heavy atom. The van der Waals surface area contributed by atoms with Gasteiger partial charge in [0.05, 0.1) is 18.2 Å². The first-order chi connectivity index (χ1) is 13.5. The van der Waals surface area contributed by atoms with Gasteiger partial charge >= 0.3 is 6.03 Å². The van der Waals surface area contributed by atoms with E-state index < -0.39 is 17.5 Å². The fraction of sp³-hybridized carbons (Fsp3) is 0.143. The molecule has 4 rings (SSSR count). The number of imide groups is 1. The van der Waals surface area contributed by atoms with Gasteiger partial charge in [-0.05, 0) is 24.6 Å². The van der Waals surface area contributed by atoms with Crippen LogP contribution in [0.1, 0.15) is 23.7 Å². The monoisotopic (exact) mass is 372 g/mol. The molecule has 1 saturated heterocycles. The number of rotatable bonds is 4. The summed E-state index contributed by atoms with van der Waals surface area (Å²) in [5.74, 6) is 0.156. The summed E-state index contributed by atoms with van der Waals surface area (Å²) in [6.07, 6.45) is 0. The Morgan fingerprint density at radius 3 is 2.68 bits per heavy atom. The topological polar surface area (TPSA) is 99.2 Å². The molecule has 7 heteroatoms. The number of carbonyl (C=O) groups is 2. The average molecular weight is 372 g/mol. The molecule has 3 amide bonds. The Labute approximate surface area is 161 Å². The van der Waals surface area contributed by atoms with Crippen LogP contribution in [0.25, 0.3) is 11.3 Å². The molecule has 138 valence electrons. The van der Waals surface area contributed by atoms with Gasteiger partial charge < -0.3 is 9.84 Å². The third-order valence-corrected chi connectivity index (χ3v) is 4.78. The number of urea groups is 1. The molecule has 0 bridgehead atoms. The summed E-state index contributed by atoms with van der Waals surface area (Å²) in [5.41, 5.74) is 1.06. The second kappa shape index (κ2) is 6.67. The van der Waals surface area contributed by atoms with Crippen LogP contribution in [0.4, 0.5) is 4.79 Å². The minimum atomic E-state index is -1.24. The highest BCUT2D eigenvalue weighted by molar-refractivity contribution is 6.07. The number of nitriles is 1. The van der Waals surface area contributed by atoms with Crippen molar-refractivity contribution in [3.8, 4) is 17.4 Å². The van der Waals surface area contributed by atoms with E-state index in [4.69, 9.17) is 9.78 Å². The van der Waals surface area contributed by atoms with E-state index in [1.807, 2.05) is 36.4 Å². The molecule has 0 radical (unpaired) electrons. The second-order valence-corrected chi connectivity index (χ2v) is 6.69. The van der Waals surface area contributed by atoms with Gasteiger partial charge in [0.15, 0.2) is 5.76 Å². The highest BCUT2D eigenvalue weighted by atomic mass is 16.5. The van der Waals surface area contributed by atoms with E-state index in [0.29, 0.717) is 22.6 Å². The normalized spacial score (nSPS) is 18.8. The first-order valence-corrected chi connectivity index (χ1v) is 8.67. The SMILES string of the molecule is C[C@@]1(c2cccc(C#N)c2)NC(=O)N(Cc2cc(-c3ccccc3)on2)C1=O. The van der Waals surface area contributed by atoms with Crippen molar-refractivity contribution in [1.82, 2.24) is 15.4 Å². The third-order valence-electron chi connectivity index (χ3n) is 4.78. The number of aromatic nitrogens is 1. The van der Waals surface area contributed by atoms with Crippen molar-refractivity contribution in [2.45, 2.75) is 19.0 Å². The van der Waals surface area contributed by atoms with Crippen LogP contribution in [0.15, 0.2) is 65.2 Å². The molecule has 28 heavy (non-hydrogen) atoms. The molecule has 2 heterocycles. The lowest BCUT2D eigenvalue weighted by molar-refractivity contribution is -0.131. The van der Waals surface area contributed by atoms with Gasteiger partial charge in [0.1, 0.15) is 11.2 Å². The lowest BCUT2D eigenvalue weighted by Crippen LogP contribution is -2.40. The molecule has 7 nitrogen and oxygen atoms in total. The van der Waals surface area contributed by atoms with Gasteiger partial charge in [0.25, 0.3) is 5.91 Å². The maximum absolute atomic E-state index is 13.0. The Hall–Kier alpha value is -3.92. The molecule has 0 spiro atoms. The van der Waals surface area contributed by atoms with Gasteiger partial charge in [-0.1, -0.05) is 47.6 Å². The van der Waals surface area contributed by atoms with Gasteiger partial charge in [-0.2, -0.15) is 5.26 Å². The second-order valence-electron chi connectivity index (χ2n) is 6.69. The molecule has 0 aliphatic carbocycles. The molecular weight excluding hydrogens is 356 g/mol. The lowest BCUT2D eigenvalue weighted by atomic mass is 9.91. The van der Waals surface area contributed by atoms with Crippen LogP contribution in [-0.4, -0.2) is 22.0 Å². The van der Waals surface area contributed by atoms with Crippen LogP contribution in [-0.2, 0) is 16.9 Å². The average Bonchev–Trinajstić information content (AvgIpc) is 3.28. The summed E-state index contributed by atoms with van der Waals surface area (Å²) < 4.78 is 5.34. The molecule has 1 aliphatic heterocycles. The lowest BCUT2D eigenvalue weighted by Gasteiger charge is -2.22. The highest BCUT2D eigenvalue weighted by Crippen LogP contribution is 2.30. The summed E-state index contributed by atoms with van der Waals surface area (Å²) in [7, 11) is 0. The van der Waals surface area contributed by atoms with Gasteiger partial charge in [0.2, 0.25) is 0 Å². The van der Waals surface area contributed by atoms with Gasteiger partial charge in [0, 0.05) is 11.6 Å². The Kier molecular flexibility index (Phi) is 4.17. The number of carbonyl (C=O) groups excluding carboxylic acids is 2. The first kappa shape index (κ1) is 17.5. The van der Waals surface area contributed by atoms with Crippen molar-refractivity contribution < 1.29 is 14.1 Å². The van der Waals surface area contributed by atoms with E-state index >= 15 is 0 Å². The van der Waals surface area contributed by atoms with Crippen LogP contribution in [0.2, 0.25) is 0 Å². The third kappa shape index (κ3) is 2.91. The molecule has 3 aromatic rings. The van der Waals surface area contributed by atoms with Gasteiger partial charge in [-0.25, -0.2) is 4.79 Å². The van der Waals surface area contributed by atoms with Crippen molar-refractivity contribution in [3.05, 3.63) is 77.5 Å². The van der Waals surface area contributed by atoms with Crippen LogP contribution in [0.3, 0.4) is 0 Å². The quantitative estimate of drug-likeness (QED) is 0.709. The number of amides is 3. The Morgan fingerprint density at radius 2 is 1.93 bits per heavy atom. The van der Waals surface area contributed by atoms with E-state index in [2.05, 4.69) is 10.5 Å². The minimum absolute atomic E-state index is 0.00543. The van der Waals surface area contributed by atoms with E-state index in [1.165, 1.54) is 0 Å². The number of benzene rings is 2. The predicted octanol–water partition coefficient (Wildman–Crippen LogP) is 3.18. The molecule has 0 saturated carbocycles.